The zero-order chi connectivity index (χ0) is 17.2. The molecule has 1 atom stereocenters. The highest BCUT2D eigenvalue weighted by molar-refractivity contribution is 14.0. The van der Waals surface area contributed by atoms with E-state index in [1.807, 2.05) is 0 Å². The van der Waals surface area contributed by atoms with E-state index in [1.165, 1.54) is 19.3 Å². The zero-order valence-electron chi connectivity index (χ0n) is 15.8. The first-order valence-corrected chi connectivity index (χ1v) is 9.57. The van der Waals surface area contributed by atoms with Gasteiger partial charge in [0.1, 0.15) is 0 Å². The van der Waals surface area contributed by atoms with Crippen LogP contribution in [0.2, 0.25) is 0 Å². The summed E-state index contributed by atoms with van der Waals surface area (Å²) in [6.45, 7) is 6.07. The lowest BCUT2D eigenvalue weighted by atomic mass is 9.88. The number of methoxy groups -OCH3 is 1. The number of guanidine groups is 1. The van der Waals surface area contributed by atoms with Gasteiger partial charge in [-0.3, -0.25) is 9.79 Å². The van der Waals surface area contributed by atoms with Crippen LogP contribution in [0.5, 0.6) is 0 Å². The van der Waals surface area contributed by atoms with Crippen LogP contribution in [0.1, 0.15) is 51.9 Å². The molecule has 2 aliphatic rings. The van der Waals surface area contributed by atoms with E-state index in [1.54, 1.807) is 7.11 Å². The molecule has 0 spiro atoms. The third-order valence-corrected chi connectivity index (χ3v) is 4.92. The number of carbonyl (C=O) groups is 1. The molecule has 0 aromatic rings. The number of amides is 1. The molecule has 146 valence electrons. The van der Waals surface area contributed by atoms with E-state index in [0.717, 1.165) is 64.4 Å². The molecule has 1 saturated carbocycles. The van der Waals surface area contributed by atoms with E-state index in [-0.39, 0.29) is 29.9 Å². The number of likely N-dealkylation sites (tertiary alicyclic amines) is 1. The minimum Gasteiger partial charge on any atom is -0.385 e. The molecule has 1 saturated heterocycles. The predicted octanol–water partition coefficient (Wildman–Crippen LogP) is 2.38. The van der Waals surface area contributed by atoms with Gasteiger partial charge in [0.15, 0.2) is 5.96 Å². The normalized spacial score (nSPS) is 21.8. The van der Waals surface area contributed by atoms with Gasteiger partial charge >= 0.3 is 0 Å². The molecule has 0 bridgehead atoms. The summed E-state index contributed by atoms with van der Waals surface area (Å²) >= 11 is 0. The van der Waals surface area contributed by atoms with Gasteiger partial charge in [-0.2, -0.15) is 0 Å². The topological polar surface area (TPSA) is 66.0 Å². The molecule has 0 aromatic carbocycles. The Kier molecular flexibility index (Phi) is 11.4. The molecule has 7 heteroatoms. The van der Waals surface area contributed by atoms with Crippen LogP contribution in [-0.4, -0.2) is 62.7 Å². The van der Waals surface area contributed by atoms with Crippen molar-refractivity contribution >= 4 is 35.8 Å². The molecule has 25 heavy (non-hydrogen) atoms. The Labute approximate surface area is 169 Å². The van der Waals surface area contributed by atoms with Crippen LogP contribution >= 0.6 is 24.0 Å². The Balaban J connectivity index is 0.00000312. The minimum atomic E-state index is 0. The van der Waals surface area contributed by atoms with Crippen LogP contribution in [0.15, 0.2) is 4.99 Å². The van der Waals surface area contributed by atoms with Crippen molar-refractivity contribution in [2.24, 2.45) is 10.9 Å². The molecule has 1 heterocycles. The summed E-state index contributed by atoms with van der Waals surface area (Å²) in [6, 6.07) is 0.303. The molecule has 0 radical (unpaired) electrons. The maximum absolute atomic E-state index is 12.6. The fraction of sp³-hybridized carbons (Fsp3) is 0.889. The van der Waals surface area contributed by atoms with Crippen LogP contribution in [0.25, 0.3) is 0 Å². The van der Waals surface area contributed by atoms with E-state index in [2.05, 4.69) is 27.4 Å². The minimum absolute atomic E-state index is 0. The number of hydrogen-bond acceptors (Lipinski definition) is 3. The second kappa shape index (κ2) is 12.7. The summed E-state index contributed by atoms with van der Waals surface area (Å²) in [5, 5.41) is 6.77. The second-order valence-corrected chi connectivity index (χ2v) is 6.86. The average Bonchev–Trinajstić information content (AvgIpc) is 3.07. The number of hydrogen-bond donors (Lipinski definition) is 2. The van der Waals surface area contributed by atoms with E-state index in [4.69, 9.17) is 4.74 Å². The molecule has 0 aromatic heterocycles. The lowest BCUT2D eigenvalue weighted by Gasteiger charge is -2.26. The van der Waals surface area contributed by atoms with Crippen molar-refractivity contribution in [1.82, 2.24) is 15.5 Å². The highest BCUT2D eigenvalue weighted by Crippen LogP contribution is 2.26. The highest BCUT2D eigenvalue weighted by atomic mass is 127. The lowest BCUT2D eigenvalue weighted by molar-refractivity contribution is -0.135. The third-order valence-electron chi connectivity index (χ3n) is 4.92. The monoisotopic (exact) mass is 466 g/mol. The van der Waals surface area contributed by atoms with Gasteiger partial charge < -0.3 is 20.3 Å². The largest absolute Gasteiger partial charge is 0.385 e. The Morgan fingerprint density at radius 2 is 2.00 bits per heavy atom. The summed E-state index contributed by atoms with van der Waals surface area (Å²) in [4.78, 5) is 19.3. The van der Waals surface area contributed by atoms with Crippen molar-refractivity contribution in [2.45, 2.75) is 57.9 Å². The summed E-state index contributed by atoms with van der Waals surface area (Å²) in [5.41, 5.74) is 0. The third kappa shape index (κ3) is 7.68. The van der Waals surface area contributed by atoms with E-state index in [9.17, 15) is 4.79 Å². The maximum Gasteiger partial charge on any atom is 0.225 e. The number of ether oxygens (including phenoxy) is 1. The standard InChI is InChI=1S/C18H34N4O2.HI/c1-3-19-18(20-11-7-13-24-2)21-16-10-12-22(14-16)17(23)15-8-5-4-6-9-15;/h15-16H,3-14H2,1-2H3,(H2,19,20,21);1H. The first kappa shape index (κ1) is 22.5. The number of nitrogens with zero attached hydrogens (tertiary/aromatic N) is 2. The number of nitrogens with one attached hydrogen (secondary N) is 2. The van der Waals surface area contributed by atoms with Crippen molar-refractivity contribution in [2.75, 3.05) is 39.9 Å². The maximum atomic E-state index is 12.6. The number of aliphatic imine (C=N–C) groups is 1. The predicted molar refractivity (Wildman–Crippen MR) is 113 cm³/mol. The molecule has 2 N–H and O–H groups in total. The summed E-state index contributed by atoms with van der Waals surface area (Å²) in [5.74, 6) is 1.50. The molecular weight excluding hydrogens is 431 g/mol. The van der Waals surface area contributed by atoms with Gasteiger partial charge in [0, 0.05) is 51.9 Å². The van der Waals surface area contributed by atoms with Gasteiger partial charge in [-0.25, -0.2) is 0 Å². The summed E-state index contributed by atoms with van der Waals surface area (Å²) in [6.07, 6.45) is 7.80. The summed E-state index contributed by atoms with van der Waals surface area (Å²) < 4.78 is 5.06. The fourth-order valence-corrected chi connectivity index (χ4v) is 3.60. The Bertz CT molecular complexity index is 414. The number of carbonyl (C=O) groups excluding carboxylic acids is 1. The van der Waals surface area contributed by atoms with Gasteiger partial charge in [-0.15, -0.1) is 24.0 Å². The average molecular weight is 466 g/mol. The van der Waals surface area contributed by atoms with Crippen molar-refractivity contribution in [3.8, 4) is 0 Å². The molecule has 1 unspecified atom stereocenters. The number of halogens is 1. The fourth-order valence-electron chi connectivity index (χ4n) is 3.60. The summed E-state index contributed by atoms with van der Waals surface area (Å²) in [7, 11) is 1.71. The first-order valence-electron chi connectivity index (χ1n) is 9.57. The van der Waals surface area contributed by atoms with Crippen LogP contribution in [0.3, 0.4) is 0 Å². The van der Waals surface area contributed by atoms with E-state index < -0.39 is 0 Å². The first-order chi connectivity index (χ1) is 11.7. The van der Waals surface area contributed by atoms with Crippen molar-refractivity contribution in [1.29, 1.82) is 0 Å². The molecule has 2 fully saturated rings. The molecule has 2 rings (SSSR count). The van der Waals surface area contributed by atoms with Crippen LogP contribution in [0, 0.1) is 5.92 Å². The van der Waals surface area contributed by atoms with Crippen molar-refractivity contribution < 1.29 is 9.53 Å². The Morgan fingerprint density at radius 1 is 1.24 bits per heavy atom. The van der Waals surface area contributed by atoms with Crippen molar-refractivity contribution in [3.05, 3.63) is 0 Å². The van der Waals surface area contributed by atoms with Gasteiger partial charge in [0.25, 0.3) is 0 Å². The van der Waals surface area contributed by atoms with E-state index >= 15 is 0 Å². The Morgan fingerprint density at radius 3 is 2.68 bits per heavy atom. The van der Waals surface area contributed by atoms with Crippen molar-refractivity contribution in [3.63, 3.8) is 0 Å². The zero-order valence-corrected chi connectivity index (χ0v) is 18.1. The molecule has 1 amide bonds. The van der Waals surface area contributed by atoms with Gasteiger partial charge in [-0.1, -0.05) is 19.3 Å². The highest BCUT2D eigenvalue weighted by Gasteiger charge is 2.31. The molecule has 6 nitrogen and oxygen atoms in total. The SMILES string of the molecule is CCNC(=NCCCOC)NC1CCN(C(=O)C2CCCCC2)C1.I. The Hall–Kier alpha value is -0.570. The molecule has 1 aliphatic heterocycles. The van der Waals surface area contributed by atoms with Crippen LogP contribution < -0.4 is 10.6 Å². The van der Waals surface area contributed by atoms with E-state index in [0.29, 0.717) is 11.9 Å². The second-order valence-electron chi connectivity index (χ2n) is 6.86. The van der Waals surface area contributed by atoms with Crippen LogP contribution in [-0.2, 0) is 9.53 Å². The van der Waals surface area contributed by atoms with Gasteiger partial charge in [-0.05, 0) is 32.6 Å². The van der Waals surface area contributed by atoms with Gasteiger partial charge in [0.05, 0.1) is 0 Å². The molecule has 1 aliphatic carbocycles. The smallest absolute Gasteiger partial charge is 0.225 e. The van der Waals surface area contributed by atoms with Crippen LogP contribution in [0.4, 0.5) is 0 Å². The number of rotatable bonds is 7. The molecular formula is C18H35IN4O2. The quantitative estimate of drug-likeness (QED) is 0.262. The van der Waals surface area contributed by atoms with Gasteiger partial charge in [0.2, 0.25) is 5.91 Å². The lowest BCUT2D eigenvalue weighted by Crippen LogP contribution is -2.45.